The van der Waals surface area contributed by atoms with E-state index in [1.54, 1.807) is 24.3 Å². The molecule has 1 aliphatic heterocycles. The van der Waals surface area contributed by atoms with Crippen molar-refractivity contribution in [1.82, 2.24) is 0 Å². The van der Waals surface area contributed by atoms with Gasteiger partial charge in [0.2, 0.25) is 5.69 Å². The fraction of sp³-hybridized carbons (Fsp3) is 0.375. The van der Waals surface area contributed by atoms with Gasteiger partial charge in [-0.3, -0.25) is 0 Å². The van der Waals surface area contributed by atoms with E-state index in [1.165, 1.54) is 6.21 Å². The molecule has 2 aliphatic rings. The van der Waals surface area contributed by atoms with Gasteiger partial charge in [-0.05, 0) is 37.1 Å². The molecule has 4 rings (SSSR count). The lowest BCUT2D eigenvalue weighted by Crippen LogP contribution is -2.42. The van der Waals surface area contributed by atoms with Gasteiger partial charge >= 0.3 is 6.18 Å². The molecule has 0 unspecified atom stereocenters. The van der Waals surface area contributed by atoms with Crippen LogP contribution in [0.2, 0.25) is 0 Å². The van der Waals surface area contributed by atoms with Gasteiger partial charge < -0.3 is 19.8 Å². The summed E-state index contributed by atoms with van der Waals surface area (Å²) < 4.78 is 50.0. The molecule has 0 bridgehead atoms. The average molecular weight is 445 g/mol. The van der Waals surface area contributed by atoms with Gasteiger partial charge in [0.15, 0.2) is 12.0 Å². The van der Waals surface area contributed by atoms with Crippen molar-refractivity contribution in [3.05, 3.63) is 70.4 Å². The van der Waals surface area contributed by atoms with E-state index in [0.717, 1.165) is 24.3 Å². The predicted octanol–water partition coefficient (Wildman–Crippen LogP) is 4.37. The van der Waals surface area contributed by atoms with Crippen molar-refractivity contribution >= 4 is 11.9 Å². The highest BCUT2D eigenvalue weighted by Gasteiger charge is 2.45. The zero-order valence-corrected chi connectivity index (χ0v) is 17.2. The maximum atomic E-state index is 12.7. The standard InChI is InChI=1S/C24H22F3NO4/c25-24(26,27)20-5-7-21(8-6-20)28(30)17-19-4-2-1-3-18(19)9-10-22(29)11-13-23(14-12-22)31-15-16-32-23/h1-8,17,29H,11-16H2/b28-17-. The van der Waals surface area contributed by atoms with Crippen LogP contribution in [0.1, 0.15) is 42.4 Å². The SMILES string of the molecule is [O-]/[N+](=C\c1ccccc1C#CC1(O)CCC2(CC1)OCCO2)c1ccc(C(F)(F)F)cc1. The number of ether oxygens (including phenoxy) is 2. The summed E-state index contributed by atoms with van der Waals surface area (Å²) in [7, 11) is 0. The third kappa shape index (κ3) is 4.96. The van der Waals surface area contributed by atoms with Crippen LogP contribution in [-0.4, -0.2) is 40.7 Å². The first-order valence-electron chi connectivity index (χ1n) is 10.3. The van der Waals surface area contributed by atoms with Crippen LogP contribution in [0.5, 0.6) is 0 Å². The van der Waals surface area contributed by atoms with E-state index in [2.05, 4.69) is 11.8 Å². The molecule has 1 aliphatic carbocycles. The van der Waals surface area contributed by atoms with Crippen LogP contribution in [0.15, 0.2) is 48.5 Å². The van der Waals surface area contributed by atoms with Gasteiger partial charge in [-0.2, -0.15) is 17.9 Å². The van der Waals surface area contributed by atoms with Crippen LogP contribution in [0.4, 0.5) is 18.9 Å². The van der Waals surface area contributed by atoms with E-state index >= 15 is 0 Å². The second-order valence-electron chi connectivity index (χ2n) is 7.98. The van der Waals surface area contributed by atoms with E-state index in [9.17, 15) is 23.5 Å². The number of alkyl halides is 3. The van der Waals surface area contributed by atoms with Gasteiger partial charge in [-0.15, -0.1) is 0 Å². The largest absolute Gasteiger partial charge is 0.618 e. The maximum absolute atomic E-state index is 12.7. The molecule has 0 atom stereocenters. The summed E-state index contributed by atoms with van der Waals surface area (Å²) in [6, 6.07) is 10.9. The minimum atomic E-state index is -4.47. The molecule has 1 saturated carbocycles. The van der Waals surface area contributed by atoms with Crippen molar-refractivity contribution < 1.29 is 32.5 Å². The summed E-state index contributed by atoms with van der Waals surface area (Å²) in [5.74, 6) is 5.28. The smallest absolute Gasteiger partial charge is 0.416 e. The van der Waals surface area contributed by atoms with Crippen molar-refractivity contribution in [2.24, 2.45) is 0 Å². The van der Waals surface area contributed by atoms with Crippen LogP contribution >= 0.6 is 0 Å². The molecule has 1 spiro atoms. The molecular weight excluding hydrogens is 423 g/mol. The van der Waals surface area contributed by atoms with Gasteiger partial charge in [0, 0.05) is 30.5 Å². The molecule has 1 saturated heterocycles. The second kappa shape index (κ2) is 8.58. The Bertz CT molecular complexity index is 1050. The molecule has 0 amide bonds. The third-order valence-corrected chi connectivity index (χ3v) is 5.75. The van der Waals surface area contributed by atoms with Crippen molar-refractivity contribution in [3.8, 4) is 11.8 Å². The molecule has 168 valence electrons. The van der Waals surface area contributed by atoms with Crippen molar-refractivity contribution in [1.29, 1.82) is 0 Å². The lowest BCUT2D eigenvalue weighted by Gasteiger charge is -2.37. The normalized spacial score (nSPS) is 20.1. The minimum absolute atomic E-state index is 0.0635. The minimum Gasteiger partial charge on any atom is -0.618 e. The molecular formula is C24H22F3NO4. The fourth-order valence-corrected chi connectivity index (χ4v) is 3.86. The highest BCUT2D eigenvalue weighted by Crippen LogP contribution is 2.40. The quantitative estimate of drug-likeness (QED) is 0.245. The fourth-order valence-electron chi connectivity index (χ4n) is 3.86. The molecule has 2 fully saturated rings. The zero-order valence-electron chi connectivity index (χ0n) is 17.2. The highest BCUT2D eigenvalue weighted by molar-refractivity contribution is 5.81. The molecule has 0 aromatic heterocycles. The Morgan fingerprint density at radius 2 is 1.59 bits per heavy atom. The van der Waals surface area contributed by atoms with Gasteiger partial charge in [0.1, 0.15) is 5.60 Å². The Kier molecular flexibility index (Phi) is 5.99. The van der Waals surface area contributed by atoms with Crippen LogP contribution < -0.4 is 0 Å². The van der Waals surface area contributed by atoms with Crippen LogP contribution in [0.3, 0.4) is 0 Å². The van der Waals surface area contributed by atoms with Crippen LogP contribution in [0.25, 0.3) is 0 Å². The summed E-state index contributed by atoms with van der Waals surface area (Å²) in [4.78, 5) is 0. The lowest BCUT2D eigenvalue weighted by molar-refractivity contribution is -0.354. The van der Waals surface area contributed by atoms with E-state index in [-0.39, 0.29) is 5.69 Å². The lowest BCUT2D eigenvalue weighted by atomic mass is 9.81. The number of benzene rings is 2. The number of halogens is 3. The van der Waals surface area contributed by atoms with Crippen molar-refractivity contribution in [3.63, 3.8) is 0 Å². The topological polar surface area (TPSA) is 64.8 Å². The maximum Gasteiger partial charge on any atom is 0.416 e. The summed E-state index contributed by atoms with van der Waals surface area (Å²) in [6.07, 6.45) is -1.29. The summed E-state index contributed by atoms with van der Waals surface area (Å²) in [6.45, 7) is 1.11. The van der Waals surface area contributed by atoms with E-state index in [4.69, 9.17) is 9.47 Å². The first-order chi connectivity index (χ1) is 15.2. The zero-order chi connectivity index (χ0) is 22.8. The van der Waals surface area contributed by atoms with Crippen molar-refractivity contribution in [2.45, 2.75) is 43.2 Å². The van der Waals surface area contributed by atoms with E-state index in [1.807, 2.05) is 0 Å². The monoisotopic (exact) mass is 445 g/mol. The number of aliphatic hydroxyl groups is 1. The first kappa shape index (κ1) is 22.3. The molecule has 0 radical (unpaired) electrons. The van der Waals surface area contributed by atoms with Crippen LogP contribution in [-0.2, 0) is 15.7 Å². The van der Waals surface area contributed by atoms with E-state index in [0.29, 0.717) is 54.8 Å². The Balaban J connectivity index is 1.52. The van der Waals surface area contributed by atoms with Gasteiger partial charge in [-0.25, -0.2) is 0 Å². The molecule has 2 aromatic carbocycles. The highest BCUT2D eigenvalue weighted by atomic mass is 19.4. The molecule has 8 heteroatoms. The van der Waals surface area contributed by atoms with Gasteiger partial charge in [0.25, 0.3) is 0 Å². The average Bonchev–Trinajstić information content (AvgIpc) is 3.24. The van der Waals surface area contributed by atoms with Crippen LogP contribution in [0, 0.1) is 17.0 Å². The molecule has 5 nitrogen and oxygen atoms in total. The van der Waals surface area contributed by atoms with Crippen molar-refractivity contribution in [2.75, 3.05) is 13.2 Å². The molecule has 32 heavy (non-hydrogen) atoms. The first-order valence-corrected chi connectivity index (χ1v) is 10.3. The Morgan fingerprint density at radius 1 is 0.969 bits per heavy atom. The Hall–Kier alpha value is -2.86. The predicted molar refractivity (Wildman–Crippen MR) is 111 cm³/mol. The van der Waals surface area contributed by atoms with E-state index < -0.39 is 23.1 Å². The number of nitrogens with zero attached hydrogens (tertiary/aromatic N) is 1. The summed E-state index contributed by atoms with van der Waals surface area (Å²) in [5, 5.41) is 23.4. The molecule has 2 aromatic rings. The third-order valence-electron chi connectivity index (χ3n) is 5.75. The number of hydrogen-bond donors (Lipinski definition) is 1. The van der Waals surface area contributed by atoms with Gasteiger partial charge in [-0.1, -0.05) is 24.0 Å². The molecule has 1 heterocycles. The van der Waals surface area contributed by atoms with Gasteiger partial charge in [0.05, 0.1) is 24.3 Å². The Morgan fingerprint density at radius 3 is 2.22 bits per heavy atom. The summed E-state index contributed by atoms with van der Waals surface area (Å²) in [5.41, 5.74) is -0.918. The summed E-state index contributed by atoms with van der Waals surface area (Å²) >= 11 is 0. The Labute approximate surface area is 183 Å². The molecule has 1 N–H and O–H groups in total. The number of rotatable bonds is 2. The number of hydrogen-bond acceptors (Lipinski definition) is 4. The second-order valence-corrected chi connectivity index (χ2v) is 7.98.